The van der Waals surface area contributed by atoms with Gasteiger partial charge in [-0.05, 0) is 56.0 Å². The van der Waals surface area contributed by atoms with E-state index >= 15 is 0 Å². The van der Waals surface area contributed by atoms with Crippen LogP contribution in [0.4, 0.5) is 0 Å². The Morgan fingerprint density at radius 2 is 2.07 bits per heavy atom. The Morgan fingerprint density at radius 3 is 2.74 bits per heavy atom. The molecule has 27 heavy (non-hydrogen) atoms. The Hall–Kier alpha value is -2.48. The number of hydrogen-bond acceptors (Lipinski definition) is 4. The molecule has 0 saturated heterocycles. The number of halogens is 1. The van der Waals surface area contributed by atoms with Crippen molar-refractivity contribution in [2.75, 3.05) is 6.54 Å². The van der Waals surface area contributed by atoms with Crippen LogP contribution in [0.1, 0.15) is 46.9 Å². The van der Waals surface area contributed by atoms with Crippen LogP contribution in [-0.4, -0.2) is 37.2 Å². The first-order valence-corrected chi connectivity index (χ1v) is 9.90. The predicted octanol–water partition coefficient (Wildman–Crippen LogP) is 3.23. The number of carbonyl (C=O) groups is 1. The highest BCUT2D eigenvalue weighted by molar-refractivity contribution is 9.10. The average Bonchev–Trinajstić information content (AvgIpc) is 3.27. The second-order valence-electron chi connectivity index (χ2n) is 6.88. The van der Waals surface area contributed by atoms with Gasteiger partial charge >= 0.3 is 0 Å². The fourth-order valence-corrected chi connectivity index (χ4v) is 3.33. The lowest BCUT2D eigenvalue weighted by Gasteiger charge is -2.08. The third-order valence-electron chi connectivity index (χ3n) is 4.57. The van der Waals surface area contributed by atoms with Crippen molar-refractivity contribution >= 4 is 21.8 Å². The first kappa shape index (κ1) is 17.9. The smallest absolute Gasteiger partial charge is 0.273 e. The molecule has 0 spiro atoms. The Labute approximate surface area is 165 Å². The van der Waals surface area contributed by atoms with Gasteiger partial charge in [-0.3, -0.25) is 9.48 Å². The van der Waals surface area contributed by atoms with Crippen LogP contribution < -0.4 is 5.32 Å². The first-order chi connectivity index (χ1) is 13.1. The molecule has 1 saturated carbocycles. The molecule has 7 nitrogen and oxygen atoms in total. The molecule has 1 aromatic carbocycles. The van der Waals surface area contributed by atoms with Crippen LogP contribution in [0.25, 0.3) is 5.69 Å². The summed E-state index contributed by atoms with van der Waals surface area (Å²) in [5, 5.41) is 15.7. The summed E-state index contributed by atoms with van der Waals surface area (Å²) in [7, 11) is 0. The fourth-order valence-electron chi connectivity index (χ4n) is 3.06. The molecule has 4 rings (SSSR count). The second-order valence-corrected chi connectivity index (χ2v) is 7.79. The first-order valence-electron chi connectivity index (χ1n) is 9.10. The van der Waals surface area contributed by atoms with Crippen LogP contribution in [-0.2, 0) is 6.54 Å². The molecule has 1 aliphatic carbocycles. The predicted molar refractivity (Wildman–Crippen MR) is 105 cm³/mol. The molecule has 0 radical (unpaired) electrons. The standard InChI is InChI=1S/C19H21BrN6O/c1-13-11-22-25(12-13)10-2-9-21-19(27)17-18(14-3-4-14)26(24-23-17)16-7-5-15(20)6-8-16/h5-8,11-12,14H,2-4,9-10H2,1H3,(H,21,27). The van der Waals surface area contributed by atoms with Crippen LogP contribution in [0.2, 0.25) is 0 Å². The molecule has 1 fully saturated rings. The number of hydrogen-bond donors (Lipinski definition) is 1. The van der Waals surface area contributed by atoms with E-state index in [4.69, 9.17) is 0 Å². The highest BCUT2D eigenvalue weighted by Gasteiger charge is 2.34. The lowest BCUT2D eigenvalue weighted by molar-refractivity contribution is 0.0946. The molecule has 0 bridgehead atoms. The molecule has 1 amide bonds. The number of nitrogens with one attached hydrogen (secondary N) is 1. The summed E-state index contributed by atoms with van der Waals surface area (Å²) in [6.07, 6.45) is 6.79. The fraction of sp³-hybridized carbons (Fsp3) is 0.368. The number of amides is 1. The number of rotatable bonds is 7. The molecule has 140 valence electrons. The monoisotopic (exact) mass is 428 g/mol. The summed E-state index contributed by atoms with van der Waals surface area (Å²) in [5.41, 5.74) is 3.41. The van der Waals surface area contributed by atoms with E-state index in [0.29, 0.717) is 18.2 Å². The van der Waals surface area contributed by atoms with E-state index in [1.54, 1.807) is 4.68 Å². The lowest BCUT2D eigenvalue weighted by atomic mass is 10.2. The van der Waals surface area contributed by atoms with Gasteiger partial charge in [0.25, 0.3) is 5.91 Å². The zero-order valence-electron chi connectivity index (χ0n) is 15.1. The van der Waals surface area contributed by atoms with E-state index in [2.05, 4.69) is 36.7 Å². The molecule has 0 unspecified atom stereocenters. The summed E-state index contributed by atoms with van der Waals surface area (Å²) in [6.45, 7) is 3.36. The van der Waals surface area contributed by atoms with Gasteiger partial charge in [0.05, 0.1) is 17.6 Å². The highest BCUT2D eigenvalue weighted by atomic mass is 79.9. The molecular formula is C19H21BrN6O. The van der Waals surface area contributed by atoms with Gasteiger partial charge in [0.2, 0.25) is 0 Å². The minimum atomic E-state index is -0.156. The molecule has 2 aromatic heterocycles. The Morgan fingerprint density at radius 1 is 1.30 bits per heavy atom. The second kappa shape index (κ2) is 7.64. The minimum absolute atomic E-state index is 0.156. The molecule has 8 heteroatoms. The largest absolute Gasteiger partial charge is 0.351 e. The zero-order valence-corrected chi connectivity index (χ0v) is 16.7. The molecule has 2 heterocycles. The van der Waals surface area contributed by atoms with Crippen molar-refractivity contribution in [1.82, 2.24) is 30.1 Å². The summed E-state index contributed by atoms with van der Waals surface area (Å²) in [6, 6.07) is 7.87. The number of aryl methyl sites for hydroxylation is 2. The van der Waals surface area contributed by atoms with E-state index in [9.17, 15) is 4.79 Å². The van der Waals surface area contributed by atoms with Gasteiger partial charge in [0.15, 0.2) is 5.69 Å². The number of aromatic nitrogens is 5. The summed E-state index contributed by atoms with van der Waals surface area (Å²) >= 11 is 3.44. The van der Waals surface area contributed by atoms with E-state index in [0.717, 1.165) is 47.2 Å². The van der Waals surface area contributed by atoms with Crippen molar-refractivity contribution in [3.63, 3.8) is 0 Å². The maximum absolute atomic E-state index is 12.7. The average molecular weight is 429 g/mol. The van der Waals surface area contributed by atoms with Gasteiger partial charge in [-0.15, -0.1) is 5.10 Å². The van der Waals surface area contributed by atoms with Crippen molar-refractivity contribution in [1.29, 1.82) is 0 Å². The van der Waals surface area contributed by atoms with E-state index in [-0.39, 0.29) is 5.91 Å². The quantitative estimate of drug-likeness (QED) is 0.585. The SMILES string of the molecule is Cc1cnn(CCCNC(=O)c2nnn(-c3ccc(Br)cc3)c2C2CC2)c1. The van der Waals surface area contributed by atoms with E-state index in [1.165, 1.54) is 0 Å². The van der Waals surface area contributed by atoms with Gasteiger partial charge in [0, 0.05) is 29.7 Å². The molecule has 1 N–H and O–H groups in total. The molecule has 0 atom stereocenters. The lowest BCUT2D eigenvalue weighted by Crippen LogP contribution is -2.26. The number of benzene rings is 1. The third-order valence-corrected chi connectivity index (χ3v) is 5.10. The van der Waals surface area contributed by atoms with E-state index in [1.807, 2.05) is 48.3 Å². The topological polar surface area (TPSA) is 77.6 Å². The minimum Gasteiger partial charge on any atom is -0.351 e. The Balaban J connectivity index is 1.43. The summed E-state index contributed by atoms with van der Waals surface area (Å²) in [5.74, 6) is 0.202. The van der Waals surface area contributed by atoms with Crippen molar-refractivity contribution in [2.24, 2.45) is 0 Å². The van der Waals surface area contributed by atoms with Gasteiger partial charge in [-0.1, -0.05) is 21.1 Å². The highest BCUT2D eigenvalue weighted by Crippen LogP contribution is 2.42. The zero-order chi connectivity index (χ0) is 18.8. The maximum atomic E-state index is 12.7. The van der Waals surface area contributed by atoms with Crippen LogP contribution in [0.3, 0.4) is 0 Å². The molecule has 0 aliphatic heterocycles. The van der Waals surface area contributed by atoms with Crippen molar-refractivity contribution in [3.05, 3.63) is 58.1 Å². The summed E-state index contributed by atoms with van der Waals surface area (Å²) in [4.78, 5) is 12.7. The Bertz CT molecular complexity index is 942. The maximum Gasteiger partial charge on any atom is 0.273 e. The van der Waals surface area contributed by atoms with E-state index < -0.39 is 0 Å². The number of nitrogens with zero attached hydrogens (tertiary/aromatic N) is 5. The van der Waals surface area contributed by atoms with Crippen molar-refractivity contribution in [2.45, 2.75) is 38.6 Å². The third kappa shape index (κ3) is 4.10. The van der Waals surface area contributed by atoms with Crippen LogP contribution in [0, 0.1) is 6.92 Å². The van der Waals surface area contributed by atoms with Crippen LogP contribution >= 0.6 is 15.9 Å². The molecular weight excluding hydrogens is 408 g/mol. The van der Waals surface area contributed by atoms with Gasteiger partial charge in [0.1, 0.15) is 0 Å². The van der Waals surface area contributed by atoms with Crippen LogP contribution in [0.5, 0.6) is 0 Å². The molecule has 1 aliphatic rings. The van der Waals surface area contributed by atoms with Crippen molar-refractivity contribution in [3.8, 4) is 5.69 Å². The summed E-state index contributed by atoms with van der Waals surface area (Å²) < 4.78 is 4.69. The van der Waals surface area contributed by atoms with Gasteiger partial charge in [-0.2, -0.15) is 5.10 Å². The van der Waals surface area contributed by atoms with Crippen molar-refractivity contribution < 1.29 is 4.79 Å². The number of carbonyl (C=O) groups excluding carboxylic acids is 1. The van der Waals surface area contributed by atoms with Gasteiger partial charge in [-0.25, -0.2) is 4.68 Å². The normalized spacial score (nSPS) is 13.7. The Kier molecular flexibility index (Phi) is 5.07. The molecule has 3 aromatic rings. The van der Waals surface area contributed by atoms with Gasteiger partial charge < -0.3 is 5.32 Å². The van der Waals surface area contributed by atoms with Crippen LogP contribution in [0.15, 0.2) is 41.1 Å².